The molecule has 1 heterocycles. The van der Waals surface area contributed by atoms with Crippen molar-refractivity contribution in [3.63, 3.8) is 0 Å². The molecule has 7 heteroatoms. The Bertz CT molecular complexity index is 1070. The highest BCUT2D eigenvalue weighted by molar-refractivity contribution is 5.80. The number of hydrogen-bond donors (Lipinski definition) is 0. The Balaban J connectivity index is 1.92. The fraction of sp³-hybridized carbons (Fsp3) is 0.0556. The Labute approximate surface area is 142 Å². The summed E-state index contributed by atoms with van der Waals surface area (Å²) in [5, 5.41) is 15.6. The summed E-state index contributed by atoms with van der Waals surface area (Å²) in [5.74, 6) is 0.457. The van der Waals surface area contributed by atoms with Crippen LogP contribution in [0.1, 0.15) is 11.4 Å². The first-order valence-electron chi connectivity index (χ1n) is 7.51. The van der Waals surface area contributed by atoms with E-state index in [0.29, 0.717) is 22.3 Å². The molecule has 1 aromatic heterocycles. The van der Waals surface area contributed by atoms with Gasteiger partial charge in [0.05, 0.1) is 21.4 Å². The van der Waals surface area contributed by atoms with Crippen molar-refractivity contribution in [2.24, 2.45) is 5.10 Å². The zero-order valence-corrected chi connectivity index (χ0v) is 13.4. The van der Waals surface area contributed by atoms with E-state index < -0.39 is 4.92 Å². The first kappa shape index (κ1) is 16.3. The van der Waals surface area contributed by atoms with Crippen LogP contribution in [-0.4, -0.2) is 20.8 Å². The highest BCUT2D eigenvalue weighted by Gasteiger charge is 2.09. The number of aromatic nitrogens is 2. The van der Waals surface area contributed by atoms with Crippen LogP contribution in [0.5, 0.6) is 0 Å². The molecule has 3 aromatic rings. The van der Waals surface area contributed by atoms with E-state index in [2.05, 4.69) is 10.1 Å². The van der Waals surface area contributed by atoms with Crippen LogP contribution in [0.4, 0.5) is 5.69 Å². The van der Waals surface area contributed by atoms with Crippen LogP contribution in [0.25, 0.3) is 17.0 Å². The van der Waals surface area contributed by atoms with E-state index >= 15 is 0 Å². The third-order valence-electron chi connectivity index (χ3n) is 3.59. The number of rotatable bonds is 4. The third-order valence-corrected chi connectivity index (χ3v) is 3.59. The fourth-order valence-electron chi connectivity index (χ4n) is 2.42. The molecule has 7 nitrogen and oxygen atoms in total. The lowest BCUT2D eigenvalue weighted by Gasteiger charge is -2.04. The second-order valence-electron chi connectivity index (χ2n) is 5.23. The zero-order chi connectivity index (χ0) is 17.8. The molecule has 0 saturated carbocycles. The Kier molecular flexibility index (Phi) is 4.47. The van der Waals surface area contributed by atoms with Crippen molar-refractivity contribution in [1.29, 1.82) is 0 Å². The smallest absolute Gasteiger partial charge is 0.267 e. The number of hydrogen-bond acceptors (Lipinski definition) is 5. The van der Waals surface area contributed by atoms with Gasteiger partial charge in [-0.3, -0.25) is 14.9 Å². The summed E-state index contributed by atoms with van der Waals surface area (Å²) in [5.41, 5.74) is 0.817. The van der Waals surface area contributed by atoms with Crippen LogP contribution in [0.2, 0.25) is 0 Å². The summed E-state index contributed by atoms with van der Waals surface area (Å²) >= 11 is 0. The van der Waals surface area contributed by atoms with Crippen LogP contribution in [0.15, 0.2) is 64.5 Å². The van der Waals surface area contributed by atoms with Gasteiger partial charge in [0.2, 0.25) is 0 Å². The summed E-state index contributed by atoms with van der Waals surface area (Å²) in [6.45, 7) is 1.69. The normalized spacial score (nSPS) is 11.6. The first-order chi connectivity index (χ1) is 12.1. The molecule has 0 amide bonds. The molecule has 0 spiro atoms. The van der Waals surface area contributed by atoms with Crippen LogP contribution < -0.4 is 5.56 Å². The predicted molar refractivity (Wildman–Crippen MR) is 96.8 cm³/mol. The molecule has 0 aliphatic carbocycles. The molecule has 2 aromatic carbocycles. The van der Waals surface area contributed by atoms with Gasteiger partial charge in [0.15, 0.2) is 0 Å². The van der Waals surface area contributed by atoms with Crippen molar-refractivity contribution >= 4 is 28.9 Å². The van der Waals surface area contributed by atoms with Crippen molar-refractivity contribution in [3.05, 3.63) is 86.5 Å². The maximum absolute atomic E-state index is 12.5. The summed E-state index contributed by atoms with van der Waals surface area (Å²) in [7, 11) is 0. The average molecular weight is 334 g/mol. The number of aryl methyl sites for hydroxylation is 1. The highest BCUT2D eigenvalue weighted by atomic mass is 16.6. The Morgan fingerprint density at radius 3 is 2.68 bits per heavy atom. The lowest BCUT2D eigenvalue weighted by Crippen LogP contribution is -2.20. The van der Waals surface area contributed by atoms with Crippen LogP contribution in [0.3, 0.4) is 0 Å². The average Bonchev–Trinajstić information content (AvgIpc) is 2.61. The third kappa shape index (κ3) is 3.35. The number of nitrogens with zero attached hydrogens (tertiary/aromatic N) is 4. The number of para-hydroxylation sites is 2. The Hall–Kier alpha value is -3.61. The van der Waals surface area contributed by atoms with Crippen molar-refractivity contribution in [2.45, 2.75) is 6.92 Å². The number of nitro groups is 1. The summed E-state index contributed by atoms with van der Waals surface area (Å²) < 4.78 is 1.20. The molecule has 0 aliphatic heterocycles. The topological polar surface area (TPSA) is 90.4 Å². The van der Waals surface area contributed by atoms with E-state index in [1.165, 1.54) is 17.0 Å². The van der Waals surface area contributed by atoms with Crippen molar-refractivity contribution < 1.29 is 4.92 Å². The van der Waals surface area contributed by atoms with Gasteiger partial charge in [0.25, 0.3) is 11.2 Å². The highest BCUT2D eigenvalue weighted by Crippen LogP contribution is 2.18. The van der Waals surface area contributed by atoms with Gasteiger partial charge in [0.1, 0.15) is 5.82 Å². The minimum Gasteiger partial charge on any atom is -0.267 e. The van der Waals surface area contributed by atoms with Gasteiger partial charge in [-0.2, -0.15) is 9.78 Å². The molecule has 0 atom stereocenters. The minimum atomic E-state index is -0.446. The minimum absolute atomic E-state index is 0.00729. The lowest BCUT2D eigenvalue weighted by molar-refractivity contribution is -0.385. The monoisotopic (exact) mass is 334 g/mol. The van der Waals surface area contributed by atoms with E-state index in [0.717, 1.165) is 0 Å². The lowest BCUT2D eigenvalue weighted by atomic mass is 10.2. The number of allylic oxidation sites excluding steroid dienone is 1. The van der Waals surface area contributed by atoms with Crippen LogP contribution in [0, 0.1) is 17.0 Å². The molecule has 3 rings (SSSR count). The van der Waals surface area contributed by atoms with E-state index in [1.807, 2.05) is 6.07 Å². The van der Waals surface area contributed by atoms with E-state index in [9.17, 15) is 14.9 Å². The quantitative estimate of drug-likeness (QED) is 0.416. The number of nitro benzene ring substituents is 1. The fourth-order valence-corrected chi connectivity index (χ4v) is 2.42. The molecule has 25 heavy (non-hydrogen) atoms. The van der Waals surface area contributed by atoms with Crippen molar-refractivity contribution in [1.82, 2.24) is 9.66 Å². The van der Waals surface area contributed by atoms with Gasteiger partial charge in [0, 0.05) is 12.3 Å². The second-order valence-corrected chi connectivity index (χ2v) is 5.23. The molecule has 0 N–H and O–H groups in total. The number of fused-ring (bicyclic) bond motifs is 1. The largest absolute Gasteiger partial charge is 0.282 e. The molecule has 0 unspecified atom stereocenters. The van der Waals surface area contributed by atoms with E-state index in [4.69, 9.17) is 0 Å². The molecule has 0 bridgehead atoms. The molecular formula is C18H14N4O3. The molecule has 0 radical (unpaired) electrons. The van der Waals surface area contributed by atoms with Crippen LogP contribution in [-0.2, 0) is 0 Å². The predicted octanol–water partition coefficient (Wildman–Crippen LogP) is 3.16. The van der Waals surface area contributed by atoms with Crippen LogP contribution >= 0.6 is 0 Å². The first-order valence-corrected chi connectivity index (χ1v) is 7.51. The maximum Gasteiger partial charge on any atom is 0.282 e. The summed E-state index contributed by atoms with van der Waals surface area (Å²) in [6.07, 6.45) is 4.52. The molecular weight excluding hydrogens is 320 g/mol. The van der Waals surface area contributed by atoms with Gasteiger partial charge < -0.3 is 0 Å². The molecule has 0 aliphatic rings. The van der Waals surface area contributed by atoms with Gasteiger partial charge in [-0.25, -0.2) is 4.98 Å². The summed E-state index contributed by atoms with van der Waals surface area (Å²) in [4.78, 5) is 27.3. The molecule has 0 fully saturated rings. The molecule has 0 saturated heterocycles. The van der Waals surface area contributed by atoms with E-state index in [1.54, 1.807) is 55.5 Å². The maximum atomic E-state index is 12.5. The van der Waals surface area contributed by atoms with Gasteiger partial charge in [-0.1, -0.05) is 24.3 Å². The van der Waals surface area contributed by atoms with Crippen molar-refractivity contribution in [3.8, 4) is 0 Å². The zero-order valence-electron chi connectivity index (χ0n) is 13.4. The van der Waals surface area contributed by atoms with Gasteiger partial charge >= 0.3 is 0 Å². The Morgan fingerprint density at radius 1 is 1.16 bits per heavy atom. The second kappa shape index (κ2) is 6.88. The SMILES string of the molecule is Cc1nc2ccccc2c(=O)n1N=CC=Cc1ccccc1[N+](=O)[O-]. The Morgan fingerprint density at radius 2 is 1.88 bits per heavy atom. The summed E-state index contributed by atoms with van der Waals surface area (Å²) in [6, 6.07) is 13.4. The van der Waals surface area contributed by atoms with Gasteiger partial charge in [-0.05, 0) is 37.3 Å². The van der Waals surface area contributed by atoms with E-state index in [-0.39, 0.29) is 11.2 Å². The standard InChI is InChI=1S/C18H14N4O3/c1-13-20-16-10-4-3-9-15(16)18(23)21(13)19-12-6-8-14-7-2-5-11-17(14)22(24)25/h2-12H,1H3. The number of benzene rings is 2. The molecule has 124 valence electrons. The van der Waals surface area contributed by atoms with Crippen molar-refractivity contribution in [2.75, 3.05) is 0 Å². The van der Waals surface area contributed by atoms with Gasteiger partial charge in [-0.15, -0.1) is 0 Å².